The van der Waals surface area contributed by atoms with Gasteiger partial charge in [-0.2, -0.15) is 0 Å². The summed E-state index contributed by atoms with van der Waals surface area (Å²) in [5.41, 5.74) is 3.54. The number of aryl methyl sites for hydroxylation is 1. The van der Waals surface area contributed by atoms with Gasteiger partial charge < -0.3 is 9.30 Å². The van der Waals surface area contributed by atoms with Crippen molar-refractivity contribution in [2.45, 2.75) is 13.5 Å². The average molecular weight is 316 g/mol. The SMILES string of the molecule is COC(=O)Cn1cc(-c2nc(Cl)ncc2C)c2ccccc21. The van der Waals surface area contributed by atoms with Crippen molar-refractivity contribution in [1.82, 2.24) is 14.5 Å². The van der Waals surface area contributed by atoms with Crippen LogP contribution in [0.3, 0.4) is 0 Å². The van der Waals surface area contributed by atoms with Gasteiger partial charge in [-0.15, -0.1) is 0 Å². The van der Waals surface area contributed by atoms with Gasteiger partial charge in [0.15, 0.2) is 0 Å². The summed E-state index contributed by atoms with van der Waals surface area (Å²) in [5, 5.41) is 1.20. The first-order valence-corrected chi connectivity index (χ1v) is 7.12. The highest BCUT2D eigenvalue weighted by Crippen LogP contribution is 2.31. The highest BCUT2D eigenvalue weighted by Gasteiger charge is 2.15. The molecule has 0 radical (unpaired) electrons. The van der Waals surface area contributed by atoms with E-state index in [2.05, 4.69) is 9.97 Å². The molecule has 0 aliphatic rings. The molecule has 3 aromatic rings. The lowest BCUT2D eigenvalue weighted by atomic mass is 10.1. The topological polar surface area (TPSA) is 57.0 Å². The van der Waals surface area contributed by atoms with Gasteiger partial charge >= 0.3 is 5.97 Å². The van der Waals surface area contributed by atoms with E-state index in [9.17, 15) is 4.79 Å². The van der Waals surface area contributed by atoms with Crippen molar-refractivity contribution >= 4 is 28.5 Å². The van der Waals surface area contributed by atoms with E-state index in [-0.39, 0.29) is 17.8 Å². The number of hydrogen-bond acceptors (Lipinski definition) is 4. The maximum Gasteiger partial charge on any atom is 0.325 e. The van der Waals surface area contributed by atoms with Crippen LogP contribution in [0.1, 0.15) is 5.56 Å². The first-order chi connectivity index (χ1) is 10.6. The van der Waals surface area contributed by atoms with E-state index in [1.54, 1.807) is 6.20 Å². The fourth-order valence-electron chi connectivity index (χ4n) is 2.46. The number of carbonyl (C=O) groups excluding carboxylic acids is 1. The van der Waals surface area contributed by atoms with Crippen molar-refractivity contribution in [3.8, 4) is 11.3 Å². The Hall–Kier alpha value is -2.40. The molecule has 0 saturated carbocycles. The van der Waals surface area contributed by atoms with E-state index in [0.29, 0.717) is 0 Å². The average Bonchev–Trinajstić information content (AvgIpc) is 2.88. The Morgan fingerprint density at radius 3 is 2.91 bits per heavy atom. The highest BCUT2D eigenvalue weighted by atomic mass is 35.5. The number of para-hydroxylation sites is 1. The number of fused-ring (bicyclic) bond motifs is 1. The van der Waals surface area contributed by atoms with Crippen molar-refractivity contribution in [2.75, 3.05) is 7.11 Å². The third-order valence-electron chi connectivity index (χ3n) is 3.51. The molecule has 0 unspecified atom stereocenters. The molecule has 112 valence electrons. The number of halogens is 1. The minimum absolute atomic E-state index is 0.148. The van der Waals surface area contributed by atoms with Crippen LogP contribution in [-0.2, 0) is 16.1 Å². The van der Waals surface area contributed by atoms with Crippen LogP contribution in [-0.4, -0.2) is 27.6 Å². The molecule has 0 fully saturated rings. The standard InChI is InChI=1S/C16H14ClN3O2/c1-10-7-18-16(17)19-15(10)12-8-20(9-14(21)22-2)13-6-4-3-5-11(12)13/h3-8H,9H2,1-2H3. The normalized spacial score (nSPS) is 10.9. The van der Waals surface area contributed by atoms with Crippen LogP contribution in [0, 0.1) is 6.92 Å². The molecule has 0 N–H and O–H groups in total. The Kier molecular flexibility index (Phi) is 3.81. The third-order valence-corrected chi connectivity index (χ3v) is 3.70. The summed E-state index contributed by atoms with van der Waals surface area (Å²) >= 11 is 5.93. The molecule has 0 saturated heterocycles. The second-order valence-electron chi connectivity index (χ2n) is 4.93. The van der Waals surface area contributed by atoms with E-state index in [4.69, 9.17) is 16.3 Å². The van der Waals surface area contributed by atoms with Crippen LogP contribution in [0.4, 0.5) is 0 Å². The summed E-state index contributed by atoms with van der Waals surface area (Å²) in [6.45, 7) is 2.08. The minimum Gasteiger partial charge on any atom is -0.468 e. The number of rotatable bonds is 3. The lowest BCUT2D eigenvalue weighted by Crippen LogP contribution is -2.10. The Balaban J connectivity index is 2.22. The number of hydrogen-bond donors (Lipinski definition) is 0. The van der Waals surface area contributed by atoms with Gasteiger partial charge in [-0.25, -0.2) is 9.97 Å². The first kappa shape index (κ1) is 14.5. The van der Waals surface area contributed by atoms with Gasteiger partial charge in [-0.05, 0) is 30.2 Å². The molecule has 3 rings (SSSR count). The van der Waals surface area contributed by atoms with Crippen LogP contribution >= 0.6 is 11.6 Å². The number of ether oxygens (including phenoxy) is 1. The van der Waals surface area contributed by atoms with E-state index in [1.165, 1.54) is 7.11 Å². The van der Waals surface area contributed by atoms with Gasteiger partial charge in [0.05, 0.1) is 12.8 Å². The molecule has 0 atom stereocenters. The molecule has 0 bridgehead atoms. The van der Waals surface area contributed by atoms with Crippen molar-refractivity contribution in [1.29, 1.82) is 0 Å². The molecule has 0 aliphatic heterocycles. The van der Waals surface area contributed by atoms with Crippen molar-refractivity contribution in [3.63, 3.8) is 0 Å². The Labute approximate surface area is 132 Å². The molecule has 22 heavy (non-hydrogen) atoms. The molecule has 1 aromatic carbocycles. The fraction of sp³-hybridized carbons (Fsp3) is 0.188. The lowest BCUT2D eigenvalue weighted by molar-refractivity contribution is -0.141. The zero-order valence-electron chi connectivity index (χ0n) is 12.2. The lowest BCUT2D eigenvalue weighted by Gasteiger charge is -2.03. The third kappa shape index (κ3) is 2.55. The van der Waals surface area contributed by atoms with Crippen LogP contribution in [0.15, 0.2) is 36.7 Å². The van der Waals surface area contributed by atoms with Gasteiger partial charge in [-0.3, -0.25) is 4.79 Å². The number of methoxy groups -OCH3 is 1. The maximum atomic E-state index is 11.6. The number of carbonyl (C=O) groups is 1. The fourth-order valence-corrected chi connectivity index (χ4v) is 2.60. The molecule has 6 heteroatoms. The predicted octanol–water partition coefficient (Wildman–Crippen LogP) is 3.23. The zero-order valence-corrected chi connectivity index (χ0v) is 13.0. The van der Waals surface area contributed by atoms with E-state index in [1.807, 2.05) is 42.0 Å². The van der Waals surface area contributed by atoms with Crippen LogP contribution in [0.2, 0.25) is 5.28 Å². The first-order valence-electron chi connectivity index (χ1n) is 6.74. The minimum atomic E-state index is -0.301. The monoisotopic (exact) mass is 315 g/mol. The van der Waals surface area contributed by atoms with Gasteiger partial charge in [-0.1, -0.05) is 18.2 Å². The highest BCUT2D eigenvalue weighted by molar-refractivity contribution is 6.28. The molecule has 5 nitrogen and oxygen atoms in total. The largest absolute Gasteiger partial charge is 0.468 e. The van der Waals surface area contributed by atoms with Gasteiger partial charge in [0.1, 0.15) is 6.54 Å². The van der Waals surface area contributed by atoms with Crippen molar-refractivity contribution < 1.29 is 9.53 Å². The maximum absolute atomic E-state index is 11.6. The quantitative estimate of drug-likeness (QED) is 0.550. The molecule has 2 aromatic heterocycles. The van der Waals surface area contributed by atoms with Gasteiger partial charge in [0, 0.05) is 28.9 Å². The number of esters is 1. The summed E-state index contributed by atoms with van der Waals surface area (Å²) in [7, 11) is 1.38. The van der Waals surface area contributed by atoms with Crippen molar-refractivity contribution in [3.05, 3.63) is 47.5 Å². The Morgan fingerprint density at radius 2 is 2.14 bits per heavy atom. The van der Waals surface area contributed by atoms with E-state index < -0.39 is 0 Å². The van der Waals surface area contributed by atoms with Crippen LogP contribution in [0.5, 0.6) is 0 Å². The number of aromatic nitrogens is 3. The number of benzene rings is 1. The molecule has 2 heterocycles. The second kappa shape index (κ2) is 5.77. The Morgan fingerprint density at radius 1 is 1.36 bits per heavy atom. The van der Waals surface area contributed by atoms with Crippen LogP contribution < -0.4 is 0 Å². The smallest absolute Gasteiger partial charge is 0.325 e. The Bertz CT molecular complexity index is 858. The predicted molar refractivity (Wildman–Crippen MR) is 84.7 cm³/mol. The van der Waals surface area contributed by atoms with Gasteiger partial charge in [0.2, 0.25) is 5.28 Å². The summed E-state index contributed by atoms with van der Waals surface area (Å²) in [6, 6.07) is 7.83. The molecule has 0 amide bonds. The summed E-state index contributed by atoms with van der Waals surface area (Å²) in [6.07, 6.45) is 3.59. The van der Waals surface area contributed by atoms with Crippen LogP contribution in [0.25, 0.3) is 22.2 Å². The number of nitrogens with zero attached hydrogens (tertiary/aromatic N) is 3. The molecular weight excluding hydrogens is 302 g/mol. The van der Waals surface area contributed by atoms with E-state index in [0.717, 1.165) is 27.7 Å². The zero-order chi connectivity index (χ0) is 15.7. The summed E-state index contributed by atoms with van der Waals surface area (Å²) < 4.78 is 6.61. The molecular formula is C16H14ClN3O2. The molecule has 0 spiro atoms. The summed E-state index contributed by atoms with van der Waals surface area (Å²) in [4.78, 5) is 19.9. The van der Waals surface area contributed by atoms with E-state index >= 15 is 0 Å². The van der Waals surface area contributed by atoms with Crippen molar-refractivity contribution in [2.24, 2.45) is 0 Å². The molecule has 0 aliphatic carbocycles. The summed E-state index contributed by atoms with van der Waals surface area (Å²) in [5.74, 6) is -0.301. The second-order valence-corrected chi connectivity index (χ2v) is 5.27. The van der Waals surface area contributed by atoms with Gasteiger partial charge in [0.25, 0.3) is 0 Å².